The highest BCUT2D eigenvalue weighted by molar-refractivity contribution is 6.04. The molecule has 6 nitrogen and oxygen atoms in total. The molecule has 2 aromatic carbocycles. The van der Waals surface area contributed by atoms with Gasteiger partial charge < -0.3 is 19.5 Å². The number of nitrogens with one attached hydrogen (secondary N) is 1. The van der Waals surface area contributed by atoms with Crippen LogP contribution in [0.2, 0.25) is 0 Å². The lowest BCUT2D eigenvalue weighted by Gasteiger charge is -2.11. The number of carbonyl (C=O) groups excluding carboxylic acids is 2. The van der Waals surface area contributed by atoms with Crippen LogP contribution in [0.4, 0.5) is 5.69 Å². The summed E-state index contributed by atoms with van der Waals surface area (Å²) in [6, 6.07) is 11.0. The van der Waals surface area contributed by atoms with Crippen LogP contribution in [0.5, 0.6) is 17.2 Å². The molecule has 0 saturated carbocycles. The lowest BCUT2D eigenvalue weighted by atomic mass is 10.1. The molecule has 0 fully saturated rings. The highest BCUT2D eigenvalue weighted by Crippen LogP contribution is 2.37. The zero-order valence-corrected chi connectivity index (χ0v) is 14.8. The molecular weight excluding hydrogens is 334 g/mol. The number of benzene rings is 2. The molecule has 26 heavy (non-hydrogen) atoms. The Labute approximate surface area is 152 Å². The Kier molecular flexibility index (Phi) is 5.41. The summed E-state index contributed by atoms with van der Waals surface area (Å²) in [5, 5.41) is 2.78. The third kappa shape index (κ3) is 4.33. The van der Waals surface area contributed by atoms with E-state index in [-0.39, 0.29) is 24.9 Å². The van der Waals surface area contributed by atoms with Crippen molar-refractivity contribution in [1.29, 1.82) is 0 Å². The Bertz CT molecular complexity index is 814. The van der Waals surface area contributed by atoms with Crippen molar-refractivity contribution in [3.8, 4) is 17.2 Å². The summed E-state index contributed by atoms with van der Waals surface area (Å²) < 4.78 is 16.2. The molecule has 0 atom stereocenters. The Morgan fingerprint density at radius 2 is 1.81 bits per heavy atom. The van der Waals surface area contributed by atoms with Crippen LogP contribution in [0.3, 0.4) is 0 Å². The molecule has 0 spiro atoms. The first-order chi connectivity index (χ1) is 12.5. The highest BCUT2D eigenvalue weighted by atomic mass is 16.7. The van der Waals surface area contributed by atoms with Gasteiger partial charge in [0.25, 0.3) is 0 Å². The molecule has 0 bridgehead atoms. The van der Waals surface area contributed by atoms with Crippen LogP contribution in [0.1, 0.15) is 35.7 Å². The smallest absolute Gasteiger partial charge is 0.231 e. The number of hydrogen-bond donors (Lipinski definition) is 1. The summed E-state index contributed by atoms with van der Waals surface area (Å²) in [4.78, 5) is 24.0. The molecule has 1 N–H and O–H groups in total. The van der Waals surface area contributed by atoms with Gasteiger partial charge in [-0.1, -0.05) is 17.7 Å². The Morgan fingerprint density at radius 1 is 1.12 bits per heavy atom. The van der Waals surface area contributed by atoms with Gasteiger partial charge in [0.1, 0.15) is 5.75 Å². The van der Waals surface area contributed by atoms with Gasteiger partial charge in [0.05, 0.1) is 12.3 Å². The number of carbonyl (C=O) groups is 2. The molecule has 0 radical (unpaired) electrons. The third-order valence-corrected chi connectivity index (χ3v) is 4.00. The Morgan fingerprint density at radius 3 is 2.50 bits per heavy atom. The number of ether oxygens (including phenoxy) is 3. The normalized spacial score (nSPS) is 11.9. The van der Waals surface area contributed by atoms with Crippen molar-refractivity contribution in [3.05, 3.63) is 47.5 Å². The van der Waals surface area contributed by atoms with Crippen molar-refractivity contribution < 1.29 is 23.8 Å². The van der Waals surface area contributed by atoms with E-state index in [0.29, 0.717) is 35.8 Å². The SMILES string of the molecule is CC(=O)c1cc2c(cc1NC(=O)CCCOc1ccc(C)cc1)OCO2. The number of aryl methyl sites for hydroxylation is 1. The first-order valence-electron chi connectivity index (χ1n) is 8.47. The van der Waals surface area contributed by atoms with E-state index in [4.69, 9.17) is 14.2 Å². The van der Waals surface area contributed by atoms with Gasteiger partial charge in [0.2, 0.25) is 12.7 Å². The predicted octanol–water partition coefficient (Wildman–Crippen LogP) is 3.72. The first kappa shape index (κ1) is 17.8. The van der Waals surface area contributed by atoms with Crippen molar-refractivity contribution in [1.82, 2.24) is 0 Å². The molecule has 0 unspecified atom stereocenters. The summed E-state index contributed by atoms with van der Waals surface area (Å²) in [5.41, 5.74) is 2.01. The first-order valence-corrected chi connectivity index (χ1v) is 8.47. The van der Waals surface area contributed by atoms with E-state index in [0.717, 1.165) is 5.75 Å². The summed E-state index contributed by atoms with van der Waals surface area (Å²) in [7, 11) is 0. The van der Waals surface area contributed by atoms with Gasteiger partial charge in [-0.25, -0.2) is 0 Å². The number of hydrogen-bond acceptors (Lipinski definition) is 5. The average molecular weight is 355 g/mol. The molecule has 1 amide bonds. The van der Waals surface area contributed by atoms with Crippen LogP contribution in [0.25, 0.3) is 0 Å². The van der Waals surface area contributed by atoms with Gasteiger partial charge in [-0.15, -0.1) is 0 Å². The van der Waals surface area contributed by atoms with E-state index < -0.39 is 0 Å². The predicted molar refractivity (Wildman–Crippen MR) is 97.1 cm³/mol. The molecule has 0 saturated heterocycles. The Balaban J connectivity index is 1.53. The van der Waals surface area contributed by atoms with Gasteiger partial charge in [0, 0.05) is 18.1 Å². The lowest BCUT2D eigenvalue weighted by molar-refractivity contribution is -0.116. The standard InChI is InChI=1S/C20H21NO5/c1-13-5-7-15(8-6-13)24-9-3-4-20(23)21-17-11-19-18(25-12-26-19)10-16(17)14(2)22/h5-8,10-11H,3-4,9,12H2,1-2H3,(H,21,23). The second-order valence-corrected chi connectivity index (χ2v) is 6.12. The zero-order chi connectivity index (χ0) is 18.5. The minimum atomic E-state index is -0.182. The molecule has 2 aromatic rings. The third-order valence-electron chi connectivity index (χ3n) is 4.00. The molecule has 1 aliphatic heterocycles. The number of amides is 1. The fourth-order valence-electron chi connectivity index (χ4n) is 2.61. The molecule has 1 aliphatic rings. The van der Waals surface area contributed by atoms with Crippen LogP contribution in [0.15, 0.2) is 36.4 Å². The van der Waals surface area contributed by atoms with Gasteiger partial charge in [0.15, 0.2) is 17.3 Å². The van der Waals surface area contributed by atoms with Gasteiger partial charge in [-0.05, 0) is 38.5 Å². The number of ketones is 1. The monoisotopic (exact) mass is 355 g/mol. The van der Waals surface area contributed by atoms with Gasteiger partial charge >= 0.3 is 0 Å². The zero-order valence-electron chi connectivity index (χ0n) is 14.8. The fourth-order valence-corrected chi connectivity index (χ4v) is 2.61. The van der Waals surface area contributed by atoms with Crippen molar-refractivity contribution >= 4 is 17.4 Å². The molecule has 6 heteroatoms. The molecule has 1 heterocycles. The van der Waals surface area contributed by atoms with Crippen LogP contribution in [0, 0.1) is 6.92 Å². The van der Waals surface area contributed by atoms with E-state index in [1.54, 1.807) is 12.1 Å². The molecule has 136 valence electrons. The van der Waals surface area contributed by atoms with Crippen LogP contribution in [-0.2, 0) is 4.79 Å². The van der Waals surface area contributed by atoms with Crippen molar-refractivity contribution in [2.75, 3.05) is 18.7 Å². The molecular formula is C20H21NO5. The second kappa shape index (κ2) is 7.91. The van der Waals surface area contributed by atoms with E-state index in [1.165, 1.54) is 12.5 Å². The van der Waals surface area contributed by atoms with Crippen LogP contribution in [-0.4, -0.2) is 25.1 Å². The quantitative estimate of drug-likeness (QED) is 0.605. The lowest BCUT2D eigenvalue weighted by Crippen LogP contribution is -2.15. The summed E-state index contributed by atoms with van der Waals surface area (Å²) in [5.74, 6) is 1.48. The molecule has 0 aromatic heterocycles. The number of anilines is 1. The maximum absolute atomic E-state index is 12.2. The average Bonchev–Trinajstić information content (AvgIpc) is 3.07. The van der Waals surface area contributed by atoms with Crippen LogP contribution >= 0.6 is 0 Å². The van der Waals surface area contributed by atoms with Crippen molar-refractivity contribution in [2.45, 2.75) is 26.7 Å². The maximum Gasteiger partial charge on any atom is 0.231 e. The summed E-state index contributed by atoms with van der Waals surface area (Å²) in [6.45, 7) is 4.01. The molecule has 0 aliphatic carbocycles. The van der Waals surface area contributed by atoms with Gasteiger partial charge in [-0.2, -0.15) is 0 Å². The van der Waals surface area contributed by atoms with Crippen molar-refractivity contribution in [3.63, 3.8) is 0 Å². The summed E-state index contributed by atoms with van der Waals surface area (Å²) >= 11 is 0. The second-order valence-electron chi connectivity index (χ2n) is 6.12. The number of fused-ring (bicyclic) bond motifs is 1. The van der Waals surface area contributed by atoms with E-state index in [1.807, 2.05) is 31.2 Å². The molecule has 3 rings (SSSR count). The largest absolute Gasteiger partial charge is 0.494 e. The van der Waals surface area contributed by atoms with E-state index >= 15 is 0 Å². The minimum Gasteiger partial charge on any atom is -0.494 e. The summed E-state index contributed by atoms with van der Waals surface area (Å²) in [6.07, 6.45) is 0.858. The van der Waals surface area contributed by atoms with E-state index in [9.17, 15) is 9.59 Å². The Hall–Kier alpha value is -3.02. The van der Waals surface area contributed by atoms with E-state index in [2.05, 4.69) is 5.32 Å². The maximum atomic E-state index is 12.2. The minimum absolute atomic E-state index is 0.112. The number of Topliss-reactive ketones (excluding diaryl/α,β-unsaturated/α-hetero) is 1. The van der Waals surface area contributed by atoms with Crippen molar-refractivity contribution in [2.24, 2.45) is 0 Å². The number of rotatable bonds is 7. The fraction of sp³-hybridized carbons (Fsp3) is 0.300. The van der Waals surface area contributed by atoms with Crippen LogP contribution < -0.4 is 19.5 Å². The topological polar surface area (TPSA) is 73.9 Å². The van der Waals surface area contributed by atoms with Gasteiger partial charge in [-0.3, -0.25) is 9.59 Å². The highest BCUT2D eigenvalue weighted by Gasteiger charge is 2.20.